The van der Waals surface area contributed by atoms with E-state index in [2.05, 4.69) is 20.9 Å². The molecule has 1 fully saturated rings. The van der Waals surface area contributed by atoms with Gasteiger partial charge in [-0.05, 0) is 40.9 Å². The van der Waals surface area contributed by atoms with Gasteiger partial charge in [0.25, 0.3) is 0 Å². The number of hydrogen-bond donors (Lipinski definition) is 0. The highest BCUT2D eigenvalue weighted by Crippen LogP contribution is 2.26. The minimum atomic E-state index is 0.215. The summed E-state index contributed by atoms with van der Waals surface area (Å²) >= 11 is 3.32. The molecule has 1 aliphatic rings. The first-order valence-electron chi connectivity index (χ1n) is 5.43. The van der Waals surface area contributed by atoms with E-state index in [-0.39, 0.29) is 11.7 Å². The van der Waals surface area contributed by atoms with Crippen LogP contribution < -0.4 is 0 Å². The van der Waals surface area contributed by atoms with Crippen LogP contribution in [0.1, 0.15) is 42.6 Å². The minimum absolute atomic E-state index is 0.215. The summed E-state index contributed by atoms with van der Waals surface area (Å²) in [7, 11) is 0. The molecule has 2 rings (SSSR count). The number of hydrogen-bond acceptors (Lipinski definition) is 2. The second kappa shape index (κ2) is 4.88. The molecular formula is C12H14BrNO. The second-order valence-electron chi connectivity index (χ2n) is 4.06. The van der Waals surface area contributed by atoms with Crippen LogP contribution in [0.4, 0.5) is 0 Å². The van der Waals surface area contributed by atoms with Crippen molar-refractivity contribution < 1.29 is 4.79 Å². The second-order valence-corrected chi connectivity index (χ2v) is 4.98. The third kappa shape index (κ3) is 2.65. The van der Waals surface area contributed by atoms with Gasteiger partial charge in [-0.3, -0.25) is 9.78 Å². The monoisotopic (exact) mass is 267 g/mol. The van der Waals surface area contributed by atoms with Crippen LogP contribution in [0.3, 0.4) is 0 Å². The molecule has 0 saturated heterocycles. The molecular weight excluding hydrogens is 254 g/mol. The molecule has 0 atom stereocenters. The number of halogens is 1. The molecule has 1 saturated carbocycles. The van der Waals surface area contributed by atoms with E-state index in [4.69, 9.17) is 0 Å². The number of aromatic nitrogens is 1. The Kier molecular flexibility index (Phi) is 3.52. The van der Waals surface area contributed by atoms with Crippen molar-refractivity contribution in [2.45, 2.75) is 32.1 Å². The fourth-order valence-electron chi connectivity index (χ4n) is 2.10. The van der Waals surface area contributed by atoms with E-state index < -0.39 is 0 Å². The van der Waals surface area contributed by atoms with Gasteiger partial charge in [0.2, 0.25) is 0 Å². The van der Waals surface area contributed by atoms with Gasteiger partial charge in [0.1, 0.15) is 5.69 Å². The fraction of sp³-hybridized carbons (Fsp3) is 0.500. The van der Waals surface area contributed by atoms with E-state index >= 15 is 0 Å². The molecule has 1 aliphatic carbocycles. The normalized spacial score (nSPS) is 17.7. The fourth-order valence-corrected chi connectivity index (χ4v) is 2.33. The summed E-state index contributed by atoms with van der Waals surface area (Å²) in [5.41, 5.74) is 0.616. The SMILES string of the molecule is O=C(c1ccc(Br)cn1)C1CCCCC1. The predicted molar refractivity (Wildman–Crippen MR) is 62.8 cm³/mol. The summed E-state index contributed by atoms with van der Waals surface area (Å²) in [6.45, 7) is 0. The van der Waals surface area contributed by atoms with Gasteiger partial charge < -0.3 is 0 Å². The molecule has 15 heavy (non-hydrogen) atoms. The van der Waals surface area contributed by atoms with Gasteiger partial charge in [0.15, 0.2) is 5.78 Å². The van der Waals surface area contributed by atoms with Crippen LogP contribution in [0.25, 0.3) is 0 Å². The van der Waals surface area contributed by atoms with Crippen LogP contribution in [0.5, 0.6) is 0 Å². The highest BCUT2D eigenvalue weighted by molar-refractivity contribution is 9.10. The summed E-state index contributed by atoms with van der Waals surface area (Å²) in [6.07, 6.45) is 7.42. The first-order chi connectivity index (χ1) is 7.27. The number of Topliss-reactive ketones (excluding diaryl/α,β-unsaturated/α-hetero) is 1. The molecule has 0 N–H and O–H groups in total. The highest BCUT2D eigenvalue weighted by atomic mass is 79.9. The molecule has 0 aromatic carbocycles. The van der Waals surface area contributed by atoms with Crippen LogP contribution >= 0.6 is 15.9 Å². The van der Waals surface area contributed by atoms with Gasteiger partial charge in [-0.1, -0.05) is 19.3 Å². The van der Waals surface area contributed by atoms with Gasteiger partial charge in [0.05, 0.1) is 0 Å². The highest BCUT2D eigenvalue weighted by Gasteiger charge is 2.22. The largest absolute Gasteiger partial charge is 0.292 e. The van der Waals surface area contributed by atoms with Crippen LogP contribution in [0.2, 0.25) is 0 Å². The molecule has 0 bridgehead atoms. The molecule has 1 heterocycles. The molecule has 0 amide bonds. The number of carbonyl (C=O) groups is 1. The lowest BCUT2D eigenvalue weighted by Gasteiger charge is -2.19. The Morgan fingerprint density at radius 1 is 1.27 bits per heavy atom. The molecule has 3 heteroatoms. The summed E-state index contributed by atoms with van der Waals surface area (Å²) in [4.78, 5) is 16.2. The Balaban J connectivity index is 2.09. The zero-order valence-corrected chi connectivity index (χ0v) is 10.2. The van der Waals surface area contributed by atoms with Gasteiger partial charge in [0, 0.05) is 16.6 Å². The minimum Gasteiger partial charge on any atom is -0.292 e. The van der Waals surface area contributed by atoms with Crippen molar-refractivity contribution in [1.82, 2.24) is 4.98 Å². The molecule has 1 aromatic rings. The maximum Gasteiger partial charge on any atom is 0.184 e. The van der Waals surface area contributed by atoms with Gasteiger partial charge in [-0.25, -0.2) is 0 Å². The summed E-state index contributed by atoms with van der Waals surface area (Å²) in [5, 5.41) is 0. The zero-order valence-electron chi connectivity index (χ0n) is 8.58. The maximum absolute atomic E-state index is 12.0. The lowest BCUT2D eigenvalue weighted by atomic mass is 9.85. The number of nitrogens with zero attached hydrogens (tertiary/aromatic N) is 1. The van der Waals surface area contributed by atoms with Crippen molar-refractivity contribution in [2.24, 2.45) is 5.92 Å². The Hall–Kier alpha value is -0.700. The van der Waals surface area contributed by atoms with Crippen molar-refractivity contribution >= 4 is 21.7 Å². The number of rotatable bonds is 2. The molecule has 0 spiro atoms. The summed E-state index contributed by atoms with van der Waals surface area (Å²) < 4.78 is 0.919. The summed E-state index contributed by atoms with van der Waals surface area (Å²) in [6, 6.07) is 3.68. The predicted octanol–water partition coefficient (Wildman–Crippen LogP) is 3.61. The lowest BCUT2D eigenvalue weighted by molar-refractivity contribution is 0.0884. The molecule has 2 nitrogen and oxygen atoms in total. The van der Waals surface area contributed by atoms with E-state index in [9.17, 15) is 4.79 Å². The van der Waals surface area contributed by atoms with E-state index in [1.807, 2.05) is 6.07 Å². The van der Waals surface area contributed by atoms with Crippen molar-refractivity contribution in [3.05, 3.63) is 28.5 Å². The van der Waals surface area contributed by atoms with Crippen molar-refractivity contribution in [3.8, 4) is 0 Å². The smallest absolute Gasteiger partial charge is 0.184 e. The molecule has 0 unspecified atom stereocenters. The van der Waals surface area contributed by atoms with Crippen molar-refractivity contribution in [2.75, 3.05) is 0 Å². The standard InChI is InChI=1S/C12H14BrNO/c13-10-6-7-11(14-8-10)12(15)9-4-2-1-3-5-9/h6-9H,1-5H2. The van der Waals surface area contributed by atoms with Crippen LogP contribution in [-0.4, -0.2) is 10.8 Å². The number of carbonyl (C=O) groups excluding carboxylic acids is 1. The van der Waals surface area contributed by atoms with Crippen LogP contribution in [0, 0.1) is 5.92 Å². The van der Waals surface area contributed by atoms with Gasteiger partial charge in [-0.15, -0.1) is 0 Å². The first kappa shape index (κ1) is 10.8. The molecule has 0 radical (unpaired) electrons. The summed E-state index contributed by atoms with van der Waals surface area (Å²) in [5.74, 6) is 0.439. The Labute approximate surface area is 98.2 Å². The van der Waals surface area contributed by atoms with E-state index in [0.29, 0.717) is 5.69 Å². The molecule has 0 aliphatic heterocycles. The quantitative estimate of drug-likeness (QED) is 0.767. The van der Waals surface area contributed by atoms with Crippen LogP contribution in [-0.2, 0) is 0 Å². The van der Waals surface area contributed by atoms with E-state index in [0.717, 1.165) is 17.3 Å². The maximum atomic E-state index is 12.0. The number of ketones is 1. The zero-order chi connectivity index (χ0) is 10.7. The van der Waals surface area contributed by atoms with E-state index in [1.165, 1.54) is 19.3 Å². The number of pyridine rings is 1. The van der Waals surface area contributed by atoms with Gasteiger partial charge in [-0.2, -0.15) is 0 Å². The average Bonchev–Trinajstić information content (AvgIpc) is 2.30. The van der Waals surface area contributed by atoms with Crippen molar-refractivity contribution in [1.29, 1.82) is 0 Å². The molecule has 1 aromatic heterocycles. The van der Waals surface area contributed by atoms with E-state index in [1.54, 1.807) is 12.3 Å². The van der Waals surface area contributed by atoms with Crippen molar-refractivity contribution in [3.63, 3.8) is 0 Å². The Morgan fingerprint density at radius 2 is 2.00 bits per heavy atom. The van der Waals surface area contributed by atoms with Crippen LogP contribution in [0.15, 0.2) is 22.8 Å². The topological polar surface area (TPSA) is 30.0 Å². The lowest BCUT2D eigenvalue weighted by Crippen LogP contribution is -2.18. The third-order valence-corrected chi connectivity index (χ3v) is 3.42. The molecule has 80 valence electrons. The van der Waals surface area contributed by atoms with Gasteiger partial charge >= 0.3 is 0 Å². The Morgan fingerprint density at radius 3 is 2.60 bits per heavy atom. The first-order valence-corrected chi connectivity index (χ1v) is 6.22. The average molecular weight is 268 g/mol. The Bertz CT molecular complexity index is 341. The third-order valence-electron chi connectivity index (χ3n) is 2.96.